The van der Waals surface area contributed by atoms with Crippen molar-refractivity contribution in [3.05, 3.63) is 29.8 Å². The summed E-state index contributed by atoms with van der Waals surface area (Å²) in [4.78, 5) is 34.1. The molecule has 0 heterocycles. The third-order valence-corrected chi connectivity index (χ3v) is 4.29. The second-order valence-corrected chi connectivity index (χ2v) is 6.31. The van der Waals surface area contributed by atoms with Crippen LogP contribution in [0.5, 0.6) is 0 Å². The average Bonchev–Trinajstić information content (AvgIpc) is 2.59. The van der Waals surface area contributed by atoms with Gasteiger partial charge in [0, 0.05) is 11.3 Å². The predicted molar refractivity (Wildman–Crippen MR) is 92.4 cm³/mol. The van der Waals surface area contributed by atoms with E-state index in [9.17, 15) is 14.4 Å². The van der Waals surface area contributed by atoms with Crippen molar-refractivity contribution in [2.24, 2.45) is 5.92 Å². The molecule has 1 fully saturated rings. The summed E-state index contributed by atoms with van der Waals surface area (Å²) in [5.41, 5.74) is 0.881. The number of anilines is 1. The highest BCUT2D eigenvalue weighted by molar-refractivity contribution is 5.97. The molecule has 1 aromatic rings. The van der Waals surface area contributed by atoms with Crippen LogP contribution >= 0.6 is 0 Å². The summed E-state index contributed by atoms with van der Waals surface area (Å²) in [6, 6.07) is 6.24. The maximum Gasteiger partial charge on any atom is 0.322 e. The fourth-order valence-corrected chi connectivity index (χ4v) is 2.87. The first-order valence-electron chi connectivity index (χ1n) is 8.47. The first kappa shape index (κ1) is 18.9. The van der Waals surface area contributed by atoms with Gasteiger partial charge in [-0.2, -0.15) is 0 Å². The zero-order valence-corrected chi connectivity index (χ0v) is 14.3. The lowest BCUT2D eigenvalue weighted by Gasteiger charge is -2.28. The summed E-state index contributed by atoms with van der Waals surface area (Å²) in [7, 11) is 0. The summed E-state index contributed by atoms with van der Waals surface area (Å²) in [5, 5.41) is 13.5. The van der Waals surface area contributed by atoms with Gasteiger partial charge in [-0.05, 0) is 43.0 Å². The highest BCUT2D eigenvalue weighted by atomic mass is 16.5. The zero-order chi connectivity index (χ0) is 18.2. The van der Waals surface area contributed by atoms with E-state index in [1.807, 2.05) is 0 Å². The minimum absolute atomic E-state index is 0.00978. The van der Waals surface area contributed by atoms with E-state index in [4.69, 9.17) is 9.84 Å². The molecule has 7 heteroatoms. The second kappa shape index (κ2) is 9.17. The Labute approximate surface area is 146 Å². The van der Waals surface area contributed by atoms with Gasteiger partial charge in [0.2, 0.25) is 5.91 Å². The molecule has 0 bridgehead atoms. The predicted octanol–water partition coefficient (Wildman–Crippen LogP) is 2.03. The van der Waals surface area contributed by atoms with E-state index in [0.717, 1.165) is 19.3 Å². The minimum atomic E-state index is -1.11. The van der Waals surface area contributed by atoms with E-state index in [1.165, 1.54) is 18.6 Å². The Kier molecular flexibility index (Phi) is 6.94. The normalized spacial score (nSPS) is 19.9. The van der Waals surface area contributed by atoms with Crippen molar-refractivity contribution in [1.82, 2.24) is 5.32 Å². The fourth-order valence-electron chi connectivity index (χ4n) is 2.87. The lowest BCUT2D eigenvalue weighted by Crippen LogP contribution is -2.30. The largest absolute Gasteiger partial charge is 0.480 e. The molecule has 1 saturated carbocycles. The highest BCUT2D eigenvalue weighted by Crippen LogP contribution is 2.26. The molecule has 2 atom stereocenters. The van der Waals surface area contributed by atoms with Gasteiger partial charge in [0.05, 0.1) is 6.10 Å². The minimum Gasteiger partial charge on any atom is -0.480 e. The van der Waals surface area contributed by atoms with Crippen LogP contribution in [-0.4, -0.2) is 42.1 Å². The molecule has 1 aromatic carbocycles. The molecular formula is C18H24N2O5. The van der Waals surface area contributed by atoms with Crippen LogP contribution in [0.15, 0.2) is 24.3 Å². The second-order valence-electron chi connectivity index (χ2n) is 6.31. The van der Waals surface area contributed by atoms with Crippen molar-refractivity contribution in [3.8, 4) is 0 Å². The molecule has 0 radical (unpaired) electrons. The topological polar surface area (TPSA) is 105 Å². The van der Waals surface area contributed by atoms with E-state index in [2.05, 4.69) is 17.6 Å². The summed E-state index contributed by atoms with van der Waals surface area (Å²) in [6.45, 7) is 1.72. The number of aliphatic carboxylic acids is 1. The fraction of sp³-hybridized carbons (Fsp3) is 0.500. The first-order chi connectivity index (χ1) is 12.0. The number of carbonyl (C=O) groups excluding carboxylic acids is 2. The van der Waals surface area contributed by atoms with Gasteiger partial charge in [-0.15, -0.1) is 0 Å². The molecule has 2 amide bonds. The first-order valence-corrected chi connectivity index (χ1v) is 8.47. The van der Waals surface area contributed by atoms with Crippen molar-refractivity contribution < 1.29 is 24.2 Å². The molecule has 0 aliphatic heterocycles. The number of nitrogens with one attached hydrogen (secondary N) is 2. The molecule has 2 rings (SSSR count). The Morgan fingerprint density at radius 1 is 1.16 bits per heavy atom. The maximum absolute atomic E-state index is 12.0. The number of carboxylic acid groups (broad SMARTS) is 1. The van der Waals surface area contributed by atoms with Gasteiger partial charge in [0.1, 0.15) is 13.2 Å². The molecule has 1 aliphatic carbocycles. The van der Waals surface area contributed by atoms with Gasteiger partial charge >= 0.3 is 5.97 Å². The molecule has 0 spiro atoms. The molecule has 2 unspecified atom stereocenters. The molecule has 3 N–H and O–H groups in total. The van der Waals surface area contributed by atoms with Crippen molar-refractivity contribution >= 4 is 23.5 Å². The summed E-state index contributed by atoms with van der Waals surface area (Å²) in [6.07, 6.45) is 4.63. The Hall–Kier alpha value is -2.41. The number of benzene rings is 1. The number of ether oxygens (including phenoxy) is 1. The van der Waals surface area contributed by atoms with E-state index in [0.29, 0.717) is 17.2 Å². The number of hydrogen-bond donors (Lipinski definition) is 3. The van der Waals surface area contributed by atoms with Gasteiger partial charge in [-0.25, -0.2) is 0 Å². The van der Waals surface area contributed by atoms with Crippen LogP contribution in [0, 0.1) is 5.92 Å². The third-order valence-electron chi connectivity index (χ3n) is 4.29. The van der Waals surface area contributed by atoms with E-state index < -0.39 is 18.4 Å². The van der Waals surface area contributed by atoms with Crippen LogP contribution in [0.1, 0.15) is 43.0 Å². The average molecular weight is 348 g/mol. The molecule has 7 nitrogen and oxygen atoms in total. The van der Waals surface area contributed by atoms with Crippen molar-refractivity contribution in [1.29, 1.82) is 0 Å². The van der Waals surface area contributed by atoms with Gasteiger partial charge < -0.3 is 20.5 Å². The molecule has 0 aromatic heterocycles. The van der Waals surface area contributed by atoms with Crippen LogP contribution in [0.25, 0.3) is 0 Å². The number of rotatable bonds is 7. The Balaban J connectivity index is 1.78. The molecule has 1 aliphatic rings. The lowest BCUT2D eigenvalue weighted by atomic mass is 9.88. The lowest BCUT2D eigenvalue weighted by molar-refractivity contribution is -0.135. The van der Waals surface area contributed by atoms with Crippen LogP contribution in [-0.2, 0) is 14.3 Å². The smallest absolute Gasteiger partial charge is 0.322 e. The van der Waals surface area contributed by atoms with Crippen LogP contribution < -0.4 is 10.6 Å². The number of carbonyl (C=O) groups is 3. The molecule has 136 valence electrons. The van der Waals surface area contributed by atoms with Crippen molar-refractivity contribution in [2.45, 2.75) is 38.7 Å². The van der Waals surface area contributed by atoms with Crippen molar-refractivity contribution in [3.63, 3.8) is 0 Å². The van der Waals surface area contributed by atoms with Gasteiger partial charge in [0.25, 0.3) is 5.91 Å². The zero-order valence-electron chi connectivity index (χ0n) is 14.3. The van der Waals surface area contributed by atoms with E-state index >= 15 is 0 Å². The monoisotopic (exact) mass is 348 g/mol. The number of amides is 2. The van der Waals surface area contributed by atoms with Crippen molar-refractivity contribution in [2.75, 3.05) is 18.5 Å². The van der Waals surface area contributed by atoms with Crippen LogP contribution in [0.2, 0.25) is 0 Å². The molecular weight excluding hydrogens is 324 g/mol. The summed E-state index contributed by atoms with van der Waals surface area (Å²) < 4.78 is 5.71. The molecule has 0 saturated heterocycles. The number of carboxylic acids is 1. The third kappa shape index (κ3) is 6.19. The summed E-state index contributed by atoms with van der Waals surface area (Å²) in [5.74, 6) is -1.34. The SMILES string of the molecule is CC1CCCCC1OCC(=O)Nc1ccc(C(=O)NCC(=O)O)cc1. The Bertz CT molecular complexity index is 614. The van der Waals surface area contributed by atoms with Crippen LogP contribution in [0.4, 0.5) is 5.69 Å². The van der Waals surface area contributed by atoms with E-state index in [-0.39, 0.29) is 18.6 Å². The Morgan fingerprint density at radius 2 is 1.84 bits per heavy atom. The van der Waals surface area contributed by atoms with Gasteiger partial charge in [0.15, 0.2) is 0 Å². The quantitative estimate of drug-likeness (QED) is 0.699. The highest BCUT2D eigenvalue weighted by Gasteiger charge is 2.22. The van der Waals surface area contributed by atoms with E-state index in [1.54, 1.807) is 12.1 Å². The summed E-state index contributed by atoms with van der Waals surface area (Å²) >= 11 is 0. The standard InChI is InChI=1S/C18H24N2O5/c1-12-4-2-3-5-15(12)25-11-16(21)20-14-8-6-13(7-9-14)18(24)19-10-17(22)23/h6-9,12,15H,2-5,10-11H2,1H3,(H,19,24)(H,20,21)(H,22,23). The molecule has 25 heavy (non-hydrogen) atoms. The Morgan fingerprint density at radius 3 is 2.48 bits per heavy atom. The van der Waals surface area contributed by atoms with Crippen LogP contribution in [0.3, 0.4) is 0 Å². The maximum atomic E-state index is 12.0. The van der Waals surface area contributed by atoms with Gasteiger partial charge in [-0.1, -0.05) is 19.8 Å². The number of hydrogen-bond acceptors (Lipinski definition) is 4. The van der Waals surface area contributed by atoms with Gasteiger partial charge in [-0.3, -0.25) is 14.4 Å².